The van der Waals surface area contributed by atoms with Crippen LogP contribution >= 0.6 is 0 Å². The summed E-state index contributed by atoms with van der Waals surface area (Å²) < 4.78 is 4.68. The molecular weight excluding hydrogens is 250 g/mol. The standard InChI is InChI=1S/C13H11NO5/c1-2-19-13(16)5-3-4-10-6-11(9-15)8-12(7-10)14(17)18/h6-9H,2,5H2,1H3. The van der Waals surface area contributed by atoms with E-state index in [1.165, 1.54) is 12.1 Å². The van der Waals surface area contributed by atoms with Crippen LogP contribution in [0.5, 0.6) is 0 Å². The third-order valence-corrected chi connectivity index (χ3v) is 2.06. The van der Waals surface area contributed by atoms with E-state index in [0.717, 1.165) is 6.07 Å². The van der Waals surface area contributed by atoms with E-state index in [-0.39, 0.29) is 24.3 Å². The number of esters is 1. The van der Waals surface area contributed by atoms with Gasteiger partial charge in [-0.1, -0.05) is 11.8 Å². The van der Waals surface area contributed by atoms with Crippen LogP contribution in [-0.2, 0) is 9.53 Å². The fraction of sp³-hybridized carbons (Fsp3) is 0.231. The van der Waals surface area contributed by atoms with Crippen LogP contribution in [0.3, 0.4) is 0 Å². The van der Waals surface area contributed by atoms with Crippen molar-refractivity contribution in [3.8, 4) is 11.8 Å². The molecule has 1 aromatic carbocycles. The topological polar surface area (TPSA) is 86.5 Å². The molecule has 0 N–H and O–H groups in total. The number of nitro groups is 1. The van der Waals surface area contributed by atoms with Crippen LogP contribution in [0.1, 0.15) is 29.3 Å². The van der Waals surface area contributed by atoms with Crippen molar-refractivity contribution in [2.24, 2.45) is 0 Å². The molecule has 0 fully saturated rings. The second kappa shape index (κ2) is 6.91. The Bertz CT molecular complexity index is 568. The molecule has 0 aliphatic carbocycles. The van der Waals surface area contributed by atoms with Gasteiger partial charge in [-0.15, -0.1) is 0 Å². The summed E-state index contributed by atoms with van der Waals surface area (Å²) in [6.07, 6.45) is 0.399. The molecule has 0 atom stereocenters. The third-order valence-electron chi connectivity index (χ3n) is 2.06. The van der Waals surface area contributed by atoms with Gasteiger partial charge in [0.2, 0.25) is 0 Å². The summed E-state index contributed by atoms with van der Waals surface area (Å²) in [5.74, 6) is 4.67. The van der Waals surface area contributed by atoms with Crippen molar-refractivity contribution >= 4 is 17.9 Å². The first-order valence-electron chi connectivity index (χ1n) is 5.46. The number of ether oxygens (including phenoxy) is 1. The Morgan fingerprint density at radius 3 is 2.79 bits per heavy atom. The van der Waals surface area contributed by atoms with E-state index >= 15 is 0 Å². The molecule has 0 saturated heterocycles. The normalized spacial score (nSPS) is 9.11. The van der Waals surface area contributed by atoms with Gasteiger partial charge < -0.3 is 4.74 Å². The van der Waals surface area contributed by atoms with Gasteiger partial charge in [0.05, 0.1) is 11.5 Å². The molecular formula is C13H11NO5. The van der Waals surface area contributed by atoms with Crippen molar-refractivity contribution in [2.45, 2.75) is 13.3 Å². The van der Waals surface area contributed by atoms with Gasteiger partial charge in [-0.25, -0.2) is 0 Å². The van der Waals surface area contributed by atoms with Gasteiger partial charge in [0, 0.05) is 23.3 Å². The third kappa shape index (κ3) is 4.60. The van der Waals surface area contributed by atoms with Gasteiger partial charge in [-0.2, -0.15) is 0 Å². The second-order valence-electron chi connectivity index (χ2n) is 3.47. The average Bonchev–Trinajstić information content (AvgIpc) is 2.38. The summed E-state index contributed by atoms with van der Waals surface area (Å²) in [5.41, 5.74) is 0.250. The zero-order valence-electron chi connectivity index (χ0n) is 10.2. The molecule has 0 spiro atoms. The van der Waals surface area contributed by atoms with Crippen molar-refractivity contribution in [2.75, 3.05) is 6.61 Å². The number of benzene rings is 1. The minimum Gasteiger partial charge on any atom is -0.465 e. The molecule has 0 heterocycles. The Hall–Kier alpha value is -2.68. The number of hydrogen-bond acceptors (Lipinski definition) is 5. The lowest BCUT2D eigenvalue weighted by Crippen LogP contribution is -2.01. The molecule has 6 nitrogen and oxygen atoms in total. The second-order valence-corrected chi connectivity index (χ2v) is 3.47. The Balaban J connectivity index is 2.92. The minimum atomic E-state index is -0.608. The van der Waals surface area contributed by atoms with Gasteiger partial charge in [0.25, 0.3) is 5.69 Å². The highest BCUT2D eigenvalue weighted by molar-refractivity contribution is 5.77. The maximum absolute atomic E-state index is 11.0. The Labute approximate surface area is 109 Å². The van der Waals surface area contributed by atoms with E-state index < -0.39 is 10.9 Å². The molecule has 19 heavy (non-hydrogen) atoms. The first-order chi connectivity index (χ1) is 9.06. The van der Waals surface area contributed by atoms with E-state index in [0.29, 0.717) is 11.8 Å². The lowest BCUT2D eigenvalue weighted by atomic mass is 10.1. The maximum atomic E-state index is 11.0. The molecule has 0 bridgehead atoms. The number of carbonyl (C=O) groups excluding carboxylic acids is 2. The summed E-state index contributed by atoms with van der Waals surface area (Å²) in [6.45, 7) is 1.95. The number of rotatable bonds is 4. The van der Waals surface area contributed by atoms with Gasteiger partial charge >= 0.3 is 5.97 Å². The number of carbonyl (C=O) groups is 2. The predicted octanol–water partition coefficient (Wildman–Crippen LogP) is 1.71. The van der Waals surface area contributed by atoms with Crippen LogP contribution in [0.4, 0.5) is 5.69 Å². The molecule has 0 unspecified atom stereocenters. The highest BCUT2D eigenvalue weighted by atomic mass is 16.6. The molecule has 0 saturated carbocycles. The largest absolute Gasteiger partial charge is 0.465 e. The number of hydrogen-bond donors (Lipinski definition) is 0. The molecule has 1 aromatic rings. The van der Waals surface area contributed by atoms with Gasteiger partial charge in [0.1, 0.15) is 12.7 Å². The molecule has 6 heteroatoms. The van der Waals surface area contributed by atoms with Crippen LogP contribution in [0.2, 0.25) is 0 Å². The molecule has 1 rings (SSSR count). The maximum Gasteiger partial charge on any atom is 0.317 e. The molecule has 0 amide bonds. The molecule has 98 valence electrons. The minimum absolute atomic E-state index is 0.104. The summed E-state index contributed by atoms with van der Waals surface area (Å²) in [7, 11) is 0. The molecule has 0 aliphatic heterocycles. The van der Waals surface area contributed by atoms with Crippen LogP contribution in [-0.4, -0.2) is 23.8 Å². The summed E-state index contributed by atoms with van der Waals surface area (Å²) in [5, 5.41) is 10.7. The zero-order chi connectivity index (χ0) is 14.3. The number of aldehydes is 1. The van der Waals surface area contributed by atoms with Gasteiger partial charge in [0.15, 0.2) is 0 Å². The summed E-state index contributed by atoms with van der Waals surface area (Å²) >= 11 is 0. The lowest BCUT2D eigenvalue weighted by molar-refractivity contribution is -0.384. The first kappa shape index (κ1) is 14.4. The number of non-ortho nitro benzene ring substituents is 1. The fourth-order valence-electron chi connectivity index (χ4n) is 1.31. The van der Waals surface area contributed by atoms with E-state index in [1.807, 2.05) is 0 Å². The summed E-state index contributed by atoms with van der Waals surface area (Å²) in [4.78, 5) is 31.7. The van der Waals surface area contributed by atoms with Crippen LogP contribution in [0, 0.1) is 22.0 Å². The van der Waals surface area contributed by atoms with E-state index in [2.05, 4.69) is 16.6 Å². The molecule has 0 aliphatic rings. The lowest BCUT2D eigenvalue weighted by Gasteiger charge is -1.96. The van der Waals surface area contributed by atoms with Crippen molar-refractivity contribution < 1.29 is 19.2 Å². The smallest absolute Gasteiger partial charge is 0.317 e. The Morgan fingerprint density at radius 1 is 1.47 bits per heavy atom. The highest BCUT2D eigenvalue weighted by Gasteiger charge is 2.08. The monoisotopic (exact) mass is 261 g/mol. The predicted molar refractivity (Wildman–Crippen MR) is 66.6 cm³/mol. The van der Waals surface area contributed by atoms with Crippen molar-refractivity contribution in [3.05, 3.63) is 39.4 Å². The number of nitrogens with zero attached hydrogens (tertiary/aromatic N) is 1. The van der Waals surface area contributed by atoms with E-state index in [1.54, 1.807) is 6.92 Å². The van der Waals surface area contributed by atoms with Crippen molar-refractivity contribution in [1.29, 1.82) is 0 Å². The van der Waals surface area contributed by atoms with Gasteiger partial charge in [-0.3, -0.25) is 19.7 Å². The quantitative estimate of drug-likeness (QED) is 0.271. The first-order valence-corrected chi connectivity index (χ1v) is 5.46. The molecule has 0 aromatic heterocycles. The van der Waals surface area contributed by atoms with E-state index in [9.17, 15) is 19.7 Å². The Kier molecular flexibility index (Phi) is 5.23. The van der Waals surface area contributed by atoms with Crippen LogP contribution < -0.4 is 0 Å². The van der Waals surface area contributed by atoms with Crippen LogP contribution in [0.15, 0.2) is 18.2 Å². The van der Waals surface area contributed by atoms with Gasteiger partial charge in [-0.05, 0) is 13.0 Å². The van der Waals surface area contributed by atoms with E-state index in [4.69, 9.17) is 0 Å². The molecule has 0 radical (unpaired) electrons. The zero-order valence-corrected chi connectivity index (χ0v) is 10.2. The van der Waals surface area contributed by atoms with Crippen molar-refractivity contribution in [3.63, 3.8) is 0 Å². The Morgan fingerprint density at radius 2 is 2.21 bits per heavy atom. The van der Waals surface area contributed by atoms with Crippen LogP contribution in [0.25, 0.3) is 0 Å². The average molecular weight is 261 g/mol. The number of nitro benzene ring substituents is 1. The SMILES string of the molecule is CCOC(=O)CC#Cc1cc(C=O)cc([N+](=O)[O-])c1. The summed E-state index contributed by atoms with van der Waals surface area (Å²) in [6, 6.07) is 3.81. The highest BCUT2D eigenvalue weighted by Crippen LogP contribution is 2.15. The fourth-order valence-corrected chi connectivity index (χ4v) is 1.31. The van der Waals surface area contributed by atoms with Crippen molar-refractivity contribution in [1.82, 2.24) is 0 Å².